The molecule has 0 unspecified atom stereocenters. The summed E-state index contributed by atoms with van der Waals surface area (Å²) in [4.78, 5) is 32.4. The molecule has 0 aromatic rings. The van der Waals surface area contributed by atoms with Crippen LogP contribution in [0.1, 0.15) is 39.5 Å². The summed E-state index contributed by atoms with van der Waals surface area (Å²) in [7, 11) is -4.64. The highest BCUT2D eigenvalue weighted by Crippen LogP contribution is 2.25. The number of unbranched alkanes of at least 4 members (excludes halogenated alkanes) is 3. The zero-order valence-electron chi connectivity index (χ0n) is 10.3. The Hall–Kier alpha value is -0.680. The molecule has 17 heavy (non-hydrogen) atoms. The molecule has 0 aromatic carbocycles. The van der Waals surface area contributed by atoms with Gasteiger partial charge in [0, 0.05) is 5.57 Å². The molecule has 0 rings (SSSR count). The molecule has 7 heteroatoms. The van der Waals surface area contributed by atoms with Crippen LogP contribution in [-0.4, -0.2) is 27.3 Å². The molecule has 0 saturated heterocycles. The van der Waals surface area contributed by atoms with Gasteiger partial charge in [-0.15, -0.1) is 0 Å². The summed E-state index contributed by atoms with van der Waals surface area (Å²) in [6.45, 7) is 7.84. The topological polar surface area (TPSA) is 104 Å². The largest absolute Gasteiger partial charge is 0.466 e. The molecule has 6 nitrogen and oxygen atoms in total. The Labute approximate surface area is 102 Å². The lowest BCUT2D eigenvalue weighted by Crippen LogP contribution is -2.05. The molecule has 0 spiro atoms. The van der Waals surface area contributed by atoms with Crippen molar-refractivity contribution in [1.29, 1.82) is 0 Å². The van der Waals surface area contributed by atoms with E-state index >= 15 is 0 Å². The predicted octanol–water partition coefficient (Wildman–Crippen LogP) is 1.76. The third kappa shape index (κ3) is 25.5. The molecule has 0 heterocycles. The summed E-state index contributed by atoms with van der Waals surface area (Å²) in [6.07, 6.45) is 4.52. The van der Waals surface area contributed by atoms with Crippen molar-refractivity contribution in [2.75, 3.05) is 6.61 Å². The third-order valence-electron chi connectivity index (χ3n) is 1.58. The SMILES string of the molecule is C=C(C)C(=O)OCCCCCC.O=P(O)(O)O. The molecule has 3 N–H and O–H groups in total. The molecular formula is C10H21O6P. The van der Waals surface area contributed by atoms with E-state index in [1.54, 1.807) is 6.92 Å². The van der Waals surface area contributed by atoms with Gasteiger partial charge in [-0.05, 0) is 13.3 Å². The molecule has 0 aliphatic carbocycles. The van der Waals surface area contributed by atoms with Crippen LogP contribution in [0.5, 0.6) is 0 Å². The average Bonchev–Trinajstić information content (AvgIpc) is 2.14. The zero-order chi connectivity index (χ0) is 13.9. The highest BCUT2D eigenvalue weighted by atomic mass is 31.2. The van der Waals surface area contributed by atoms with Gasteiger partial charge in [0.25, 0.3) is 0 Å². The van der Waals surface area contributed by atoms with Crippen LogP contribution in [0.15, 0.2) is 12.2 Å². The Morgan fingerprint density at radius 2 is 1.71 bits per heavy atom. The summed E-state index contributed by atoms with van der Waals surface area (Å²) in [5.41, 5.74) is 0.477. The lowest BCUT2D eigenvalue weighted by Gasteiger charge is -2.02. The van der Waals surface area contributed by atoms with Gasteiger partial charge in [-0.1, -0.05) is 32.8 Å². The highest BCUT2D eigenvalue weighted by Gasteiger charge is 2.01. The summed E-state index contributed by atoms with van der Waals surface area (Å²) in [5.74, 6) is -0.272. The molecule has 102 valence electrons. The predicted molar refractivity (Wildman–Crippen MR) is 64.2 cm³/mol. The Morgan fingerprint density at radius 1 is 1.24 bits per heavy atom. The van der Waals surface area contributed by atoms with Crippen LogP contribution in [0, 0.1) is 0 Å². The van der Waals surface area contributed by atoms with Gasteiger partial charge in [-0.3, -0.25) is 0 Å². The Bertz CT molecular complexity index is 262. The molecule has 0 aromatic heterocycles. The van der Waals surface area contributed by atoms with Crippen LogP contribution in [0.25, 0.3) is 0 Å². The number of esters is 1. The summed E-state index contributed by atoms with van der Waals surface area (Å²) in [5, 5.41) is 0. The molecular weight excluding hydrogens is 247 g/mol. The first kappa shape index (κ1) is 18.7. The van der Waals surface area contributed by atoms with Gasteiger partial charge in [0.1, 0.15) is 0 Å². The van der Waals surface area contributed by atoms with Crippen molar-refractivity contribution in [2.24, 2.45) is 0 Å². The van der Waals surface area contributed by atoms with Gasteiger partial charge in [-0.2, -0.15) is 0 Å². The van der Waals surface area contributed by atoms with Crippen molar-refractivity contribution < 1.29 is 28.8 Å². The van der Waals surface area contributed by atoms with Crippen LogP contribution < -0.4 is 0 Å². The minimum atomic E-state index is -4.64. The van der Waals surface area contributed by atoms with Gasteiger partial charge in [-0.25, -0.2) is 9.36 Å². The molecule has 0 amide bonds. The lowest BCUT2D eigenvalue weighted by atomic mass is 10.2. The van der Waals surface area contributed by atoms with Crippen molar-refractivity contribution >= 4 is 13.8 Å². The van der Waals surface area contributed by atoms with Crippen molar-refractivity contribution in [3.05, 3.63) is 12.2 Å². The van der Waals surface area contributed by atoms with E-state index in [0.717, 1.165) is 12.8 Å². The quantitative estimate of drug-likeness (QED) is 0.293. The summed E-state index contributed by atoms with van der Waals surface area (Å²) < 4.78 is 13.8. The van der Waals surface area contributed by atoms with Crippen molar-refractivity contribution in [1.82, 2.24) is 0 Å². The maximum Gasteiger partial charge on any atom is 0.466 e. The summed E-state index contributed by atoms with van der Waals surface area (Å²) >= 11 is 0. The van der Waals surface area contributed by atoms with Crippen molar-refractivity contribution in [3.8, 4) is 0 Å². The van der Waals surface area contributed by atoms with Gasteiger partial charge in [0.15, 0.2) is 0 Å². The molecule has 0 aliphatic heterocycles. The van der Waals surface area contributed by atoms with Gasteiger partial charge < -0.3 is 19.4 Å². The number of carbonyl (C=O) groups is 1. The van der Waals surface area contributed by atoms with Gasteiger partial charge in [0.2, 0.25) is 0 Å². The first-order chi connectivity index (χ1) is 7.68. The fourth-order valence-electron chi connectivity index (χ4n) is 0.817. The average molecular weight is 268 g/mol. The maximum atomic E-state index is 10.9. The number of rotatable bonds is 6. The van der Waals surface area contributed by atoms with Crippen LogP contribution in [0.3, 0.4) is 0 Å². The first-order valence-corrected chi connectivity index (χ1v) is 6.86. The zero-order valence-corrected chi connectivity index (χ0v) is 11.2. The monoisotopic (exact) mass is 268 g/mol. The van der Waals surface area contributed by atoms with E-state index in [2.05, 4.69) is 13.5 Å². The standard InChI is InChI=1S/C10H18O2.H3O4P/c1-4-5-6-7-8-12-10(11)9(2)3;1-5(2,3)4/h2,4-8H2,1,3H3;(H3,1,2,3,4). The minimum Gasteiger partial charge on any atom is -0.462 e. The fraction of sp³-hybridized carbons (Fsp3) is 0.700. The maximum absolute atomic E-state index is 10.9. The molecule has 0 atom stereocenters. The number of carbonyl (C=O) groups excluding carboxylic acids is 1. The van der Waals surface area contributed by atoms with E-state index in [9.17, 15) is 4.79 Å². The van der Waals surface area contributed by atoms with Gasteiger partial charge in [0.05, 0.1) is 6.61 Å². The second-order valence-electron chi connectivity index (χ2n) is 3.49. The normalized spacial score (nSPS) is 10.2. The molecule has 0 aliphatic rings. The van der Waals surface area contributed by atoms with E-state index in [1.807, 2.05) is 0 Å². The number of phosphoric acid groups is 1. The number of ether oxygens (including phenoxy) is 1. The van der Waals surface area contributed by atoms with Crippen LogP contribution in [0.2, 0.25) is 0 Å². The third-order valence-corrected chi connectivity index (χ3v) is 1.58. The minimum absolute atomic E-state index is 0.272. The lowest BCUT2D eigenvalue weighted by molar-refractivity contribution is -0.139. The van der Waals surface area contributed by atoms with Crippen molar-refractivity contribution in [2.45, 2.75) is 39.5 Å². The van der Waals surface area contributed by atoms with E-state index in [-0.39, 0.29) is 5.97 Å². The Balaban J connectivity index is 0. The molecule has 0 fully saturated rings. The molecule has 0 saturated carbocycles. The van der Waals surface area contributed by atoms with Crippen LogP contribution >= 0.6 is 7.82 Å². The molecule has 0 bridgehead atoms. The Morgan fingerprint density at radius 3 is 2.06 bits per heavy atom. The van der Waals surface area contributed by atoms with E-state index < -0.39 is 7.82 Å². The van der Waals surface area contributed by atoms with E-state index in [4.69, 9.17) is 24.0 Å². The van der Waals surface area contributed by atoms with Crippen molar-refractivity contribution in [3.63, 3.8) is 0 Å². The fourth-order valence-corrected chi connectivity index (χ4v) is 0.817. The van der Waals surface area contributed by atoms with Crippen LogP contribution in [0.4, 0.5) is 0 Å². The van der Waals surface area contributed by atoms with E-state index in [1.165, 1.54) is 12.8 Å². The second-order valence-corrected chi connectivity index (χ2v) is 4.52. The number of hydrogen-bond acceptors (Lipinski definition) is 3. The summed E-state index contributed by atoms with van der Waals surface area (Å²) in [6, 6.07) is 0. The smallest absolute Gasteiger partial charge is 0.462 e. The Kier molecular flexibility index (Phi) is 11.5. The second kappa shape index (κ2) is 10.5. The highest BCUT2D eigenvalue weighted by molar-refractivity contribution is 7.45. The molecule has 0 radical (unpaired) electrons. The van der Waals surface area contributed by atoms with Gasteiger partial charge >= 0.3 is 13.8 Å². The number of hydrogen-bond donors (Lipinski definition) is 3. The van der Waals surface area contributed by atoms with Crippen LogP contribution in [-0.2, 0) is 14.1 Å². The van der Waals surface area contributed by atoms with E-state index in [0.29, 0.717) is 12.2 Å². The first-order valence-electron chi connectivity index (χ1n) is 5.29.